The Labute approximate surface area is 149 Å². The summed E-state index contributed by atoms with van der Waals surface area (Å²) in [5, 5.41) is 8.00. The number of nitrogens with one attached hydrogen (secondary N) is 1. The summed E-state index contributed by atoms with van der Waals surface area (Å²) in [6.45, 7) is 3.19. The first-order valence-electron chi connectivity index (χ1n) is 8.00. The summed E-state index contributed by atoms with van der Waals surface area (Å²) in [4.78, 5) is 24.7. The Morgan fingerprint density at radius 2 is 1.85 bits per heavy atom. The lowest BCUT2D eigenvalue weighted by Gasteiger charge is -2.14. The molecule has 0 saturated carbocycles. The molecule has 3 aromatic rings. The molecule has 1 aromatic heterocycles. The van der Waals surface area contributed by atoms with Crippen LogP contribution >= 0.6 is 0 Å². The number of aryl methyl sites for hydroxylation is 1. The minimum Gasteiger partial charge on any atom is -0.496 e. The van der Waals surface area contributed by atoms with E-state index in [0.717, 1.165) is 10.8 Å². The normalized spacial score (nSPS) is 11.8. The molecule has 1 atom stereocenters. The van der Waals surface area contributed by atoms with Gasteiger partial charge in [-0.25, -0.2) is 4.79 Å². The lowest BCUT2D eigenvalue weighted by Crippen LogP contribution is -2.30. The third kappa shape index (κ3) is 3.66. The van der Waals surface area contributed by atoms with Gasteiger partial charge in [-0.3, -0.25) is 4.79 Å². The van der Waals surface area contributed by atoms with Crippen LogP contribution in [-0.2, 0) is 9.53 Å². The van der Waals surface area contributed by atoms with E-state index in [0.29, 0.717) is 11.5 Å². The molecule has 2 aromatic carbocycles. The van der Waals surface area contributed by atoms with Gasteiger partial charge in [0.15, 0.2) is 11.9 Å². The van der Waals surface area contributed by atoms with Crippen LogP contribution in [0.1, 0.15) is 23.0 Å². The van der Waals surface area contributed by atoms with Crippen LogP contribution in [0.15, 0.2) is 47.0 Å². The van der Waals surface area contributed by atoms with Gasteiger partial charge >= 0.3 is 5.97 Å². The van der Waals surface area contributed by atoms with E-state index in [1.165, 1.54) is 14.0 Å². The lowest BCUT2D eigenvalue weighted by atomic mass is 10.1. The molecule has 134 valence electrons. The summed E-state index contributed by atoms with van der Waals surface area (Å²) in [5.74, 6) is 0.0518. The topological polar surface area (TPSA) is 90.7 Å². The number of fused-ring (bicyclic) bond motifs is 1. The van der Waals surface area contributed by atoms with Crippen LogP contribution in [0.4, 0.5) is 5.82 Å². The van der Waals surface area contributed by atoms with Crippen molar-refractivity contribution < 1.29 is 23.6 Å². The van der Waals surface area contributed by atoms with Crippen molar-refractivity contribution in [1.29, 1.82) is 0 Å². The smallest absolute Gasteiger partial charge is 0.342 e. The fourth-order valence-corrected chi connectivity index (χ4v) is 2.48. The fraction of sp³-hybridized carbons (Fsp3) is 0.211. The third-order valence-electron chi connectivity index (χ3n) is 3.82. The second kappa shape index (κ2) is 7.26. The SMILES string of the molecule is COc1cc2ccccc2cc1C(=O)O[C@@H](C)C(=O)Nc1cc(C)on1. The number of methoxy groups -OCH3 is 1. The van der Waals surface area contributed by atoms with Gasteiger partial charge in [0.05, 0.1) is 7.11 Å². The van der Waals surface area contributed by atoms with Gasteiger partial charge in [-0.1, -0.05) is 29.4 Å². The fourth-order valence-electron chi connectivity index (χ4n) is 2.48. The number of hydrogen-bond donors (Lipinski definition) is 1. The van der Waals surface area contributed by atoms with Crippen LogP contribution in [0.2, 0.25) is 0 Å². The molecule has 0 bridgehead atoms. The van der Waals surface area contributed by atoms with E-state index in [-0.39, 0.29) is 11.4 Å². The van der Waals surface area contributed by atoms with E-state index in [9.17, 15) is 9.59 Å². The van der Waals surface area contributed by atoms with E-state index < -0.39 is 18.0 Å². The molecule has 3 rings (SSSR count). The first kappa shape index (κ1) is 17.5. The number of carbonyl (C=O) groups is 2. The molecule has 1 N–H and O–H groups in total. The highest BCUT2D eigenvalue weighted by molar-refractivity contribution is 6.01. The zero-order valence-corrected chi connectivity index (χ0v) is 14.6. The molecular formula is C19H18N2O5. The number of nitrogens with zero attached hydrogens (tertiary/aromatic N) is 1. The summed E-state index contributed by atoms with van der Waals surface area (Å²) in [6, 6.07) is 12.6. The van der Waals surface area contributed by atoms with Gasteiger partial charge in [-0.05, 0) is 36.8 Å². The number of ether oxygens (including phenoxy) is 2. The van der Waals surface area contributed by atoms with Gasteiger partial charge in [0.25, 0.3) is 5.91 Å². The van der Waals surface area contributed by atoms with Gasteiger partial charge in [0, 0.05) is 6.07 Å². The summed E-state index contributed by atoms with van der Waals surface area (Å²) in [6.07, 6.45) is -1.02. The van der Waals surface area contributed by atoms with Crippen LogP contribution in [0.3, 0.4) is 0 Å². The number of esters is 1. The maximum absolute atomic E-state index is 12.5. The van der Waals surface area contributed by atoms with E-state index in [1.54, 1.807) is 25.1 Å². The average Bonchev–Trinajstić information content (AvgIpc) is 3.05. The second-order valence-electron chi connectivity index (χ2n) is 5.76. The Hall–Kier alpha value is -3.35. The minimum absolute atomic E-state index is 0.253. The van der Waals surface area contributed by atoms with Crippen LogP contribution < -0.4 is 10.1 Å². The first-order chi connectivity index (χ1) is 12.5. The van der Waals surface area contributed by atoms with Crippen molar-refractivity contribution in [2.45, 2.75) is 20.0 Å². The van der Waals surface area contributed by atoms with Crippen molar-refractivity contribution in [3.8, 4) is 5.75 Å². The standard InChI is InChI=1S/C19H18N2O5/c1-11-8-17(21-26-11)20-18(22)12(2)25-19(23)15-9-13-6-4-5-7-14(13)10-16(15)24-3/h4-10,12H,1-3H3,(H,20,21,22)/t12-/m0/s1. The summed E-state index contributed by atoms with van der Waals surface area (Å²) < 4.78 is 15.4. The number of anilines is 1. The van der Waals surface area contributed by atoms with Crippen LogP contribution in [-0.4, -0.2) is 30.2 Å². The van der Waals surface area contributed by atoms with Crippen molar-refractivity contribution in [2.24, 2.45) is 0 Å². The summed E-state index contributed by atoms with van der Waals surface area (Å²) in [7, 11) is 1.48. The van der Waals surface area contributed by atoms with Crippen molar-refractivity contribution >= 4 is 28.5 Å². The summed E-state index contributed by atoms with van der Waals surface area (Å²) >= 11 is 0. The van der Waals surface area contributed by atoms with Crippen molar-refractivity contribution in [2.75, 3.05) is 12.4 Å². The molecule has 7 heteroatoms. The lowest BCUT2D eigenvalue weighted by molar-refractivity contribution is -0.123. The van der Waals surface area contributed by atoms with E-state index in [1.807, 2.05) is 24.3 Å². The Balaban J connectivity index is 1.76. The van der Waals surface area contributed by atoms with E-state index in [4.69, 9.17) is 14.0 Å². The second-order valence-corrected chi connectivity index (χ2v) is 5.76. The Morgan fingerprint density at radius 3 is 2.46 bits per heavy atom. The molecule has 0 saturated heterocycles. The molecule has 1 amide bonds. The largest absolute Gasteiger partial charge is 0.496 e. The molecule has 1 heterocycles. The average molecular weight is 354 g/mol. The van der Waals surface area contributed by atoms with Gasteiger partial charge in [-0.2, -0.15) is 0 Å². The van der Waals surface area contributed by atoms with Crippen molar-refractivity contribution in [3.05, 3.63) is 53.8 Å². The molecule has 0 radical (unpaired) electrons. The molecule has 26 heavy (non-hydrogen) atoms. The Morgan fingerprint density at radius 1 is 1.15 bits per heavy atom. The molecule has 0 aliphatic carbocycles. The predicted molar refractivity (Wildman–Crippen MR) is 95.2 cm³/mol. The first-order valence-corrected chi connectivity index (χ1v) is 8.00. The zero-order chi connectivity index (χ0) is 18.7. The van der Waals surface area contributed by atoms with Crippen molar-refractivity contribution in [1.82, 2.24) is 5.16 Å². The number of carbonyl (C=O) groups excluding carboxylic acids is 2. The molecule has 0 aliphatic rings. The Kier molecular flexibility index (Phi) is 4.88. The maximum atomic E-state index is 12.5. The van der Waals surface area contributed by atoms with E-state index in [2.05, 4.69) is 10.5 Å². The van der Waals surface area contributed by atoms with Crippen LogP contribution in [0.5, 0.6) is 5.75 Å². The van der Waals surface area contributed by atoms with Gasteiger partial charge in [-0.15, -0.1) is 0 Å². The van der Waals surface area contributed by atoms with Crippen molar-refractivity contribution in [3.63, 3.8) is 0 Å². The number of rotatable bonds is 5. The van der Waals surface area contributed by atoms with Crippen LogP contribution in [0.25, 0.3) is 10.8 Å². The number of benzene rings is 2. The van der Waals surface area contributed by atoms with Gasteiger partial charge in [0.1, 0.15) is 17.1 Å². The highest BCUT2D eigenvalue weighted by Crippen LogP contribution is 2.27. The highest BCUT2D eigenvalue weighted by atomic mass is 16.5. The molecule has 0 aliphatic heterocycles. The van der Waals surface area contributed by atoms with Gasteiger partial charge in [0.2, 0.25) is 0 Å². The highest BCUT2D eigenvalue weighted by Gasteiger charge is 2.22. The van der Waals surface area contributed by atoms with E-state index >= 15 is 0 Å². The summed E-state index contributed by atoms with van der Waals surface area (Å²) in [5.41, 5.74) is 0.253. The van der Waals surface area contributed by atoms with Gasteiger partial charge < -0.3 is 19.3 Å². The third-order valence-corrected chi connectivity index (χ3v) is 3.82. The number of aromatic nitrogens is 1. The molecule has 0 fully saturated rings. The monoisotopic (exact) mass is 354 g/mol. The molecular weight excluding hydrogens is 336 g/mol. The predicted octanol–water partition coefficient (Wildman–Crippen LogP) is 3.33. The van der Waals surface area contributed by atoms with Crippen LogP contribution in [0, 0.1) is 6.92 Å². The maximum Gasteiger partial charge on any atom is 0.342 e. The molecule has 7 nitrogen and oxygen atoms in total. The minimum atomic E-state index is -1.02. The quantitative estimate of drug-likeness (QED) is 0.707. The zero-order valence-electron chi connectivity index (χ0n) is 14.6. The molecule has 0 spiro atoms. The molecule has 0 unspecified atom stereocenters. The number of hydrogen-bond acceptors (Lipinski definition) is 6. The Bertz CT molecular complexity index is 963. The number of amides is 1.